The number of nitrogens with zero attached hydrogens (tertiary/aromatic N) is 3. The number of rotatable bonds is 8. The molecule has 1 atom stereocenters. The summed E-state index contributed by atoms with van der Waals surface area (Å²) in [6.07, 6.45) is 5.07. The summed E-state index contributed by atoms with van der Waals surface area (Å²) >= 11 is 0. The summed E-state index contributed by atoms with van der Waals surface area (Å²) < 4.78 is 28.6. The van der Waals surface area contributed by atoms with Gasteiger partial charge in [0.15, 0.2) is 0 Å². The second-order valence-corrected chi connectivity index (χ2v) is 9.80. The zero-order chi connectivity index (χ0) is 23.5. The van der Waals surface area contributed by atoms with Crippen molar-refractivity contribution in [3.8, 4) is 5.69 Å². The van der Waals surface area contributed by atoms with Gasteiger partial charge >= 0.3 is 0 Å². The number of amides is 1. The molecule has 0 fully saturated rings. The summed E-state index contributed by atoms with van der Waals surface area (Å²) in [6, 6.07) is 12.3. The van der Waals surface area contributed by atoms with Gasteiger partial charge < -0.3 is 9.88 Å². The molecule has 0 radical (unpaired) electrons. The average molecular weight is 455 g/mol. The van der Waals surface area contributed by atoms with Crippen molar-refractivity contribution >= 4 is 21.6 Å². The van der Waals surface area contributed by atoms with E-state index in [2.05, 4.69) is 10.3 Å². The molecule has 0 saturated heterocycles. The number of hydrogen-bond acceptors (Lipinski definition) is 4. The van der Waals surface area contributed by atoms with Gasteiger partial charge in [0.2, 0.25) is 15.9 Å². The van der Waals surface area contributed by atoms with Crippen LogP contribution in [0.1, 0.15) is 35.9 Å². The van der Waals surface area contributed by atoms with E-state index in [-0.39, 0.29) is 12.5 Å². The molecule has 3 rings (SSSR count). The van der Waals surface area contributed by atoms with Gasteiger partial charge in [-0.15, -0.1) is 0 Å². The standard InChI is InChI=1S/C24H30N4O3S/c1-6-22(28(32(5,30)31)21-12-11-17(2)18(3)15-21)24(29)26-16-20-9-7-8-10-23(20)27-14-13-25-19(27)4/h7-15,22H,6,16H2,1-5H3,(H,26,29). The summed E-state index contributed by atoms with van der Waals surface area (Å²) in [5.41, 5.74) is 4.35. The summed E-state index contributed by atoms with van der Waals surface area (Å²) in [4.78, 5) is 17.5. The Labute approximate surface area is 190 Å². The van der Waals surface area contributed by atoms with Crippen LogP contribution in [0.25, 0.3) is 5.69 Å². The first-order chi connectivity index (χ1) is 15.1. The van der Waals surface area contributed by atoms with Crippen LogP contribution in [-0.4, -0.2) is 36.2 Å². The monoisotopic (exact) mass is 454 g/mol. The molecule has 0 spiro atoms. The predicted molar refractivity (Wildman–Crippen MR) is 127 cm³/mol. The fourth-order valence-corrected chi connectivity index (χ4v) is 4.95. The van der Waals surface area contributed by atoms with E-state index in [1.165, 1.54) is 4.31 Å². The normalized spacial score (nSPS) is 12.4. The van der Waals surface area contributed by atoms with Crippen molar-refractivity contribution in [2.45, 2.75) is 46.7 Å². The molecule has 0 aliphatic carbocycles. The molecule has 3 aromatic rings. The minimum atomic E-state index is -3.68. The zero-order valence-electron chi connectivity index (χ0n) is 19.2. The lowest BCUT2D eigenvalue weighted by molar-refractivity contribution is -0.122. The molecule has 0 aliphatic rings. The van der Waals surface area contributed by atoms with Crippen molar-refractivity contribution in [2.24, 2.45) is 0 Å². The van der Waals surface area contributed by atoms with Gasteiger partial charge in [-0.25, -0.2) is 13.4 Å². The second-order valence-electron chi connectivity index (χ2n) is 7.94. The summed E-state index contributed by atoms with van der Waals surface area (Å²) in [5, 5.41) is 2.94. The fraction of sp³-hybridized carbons (Fsp3) is 0.333. The number of sulfonamides is 1. The maximum Gasteiger partial charge on any atom is 0.244 e. The van der Waals surface area contributed by atoms with Crippen LogP contribution < -0.4 is 9.62 Å². The predicted octanol–water partition coefficient (Wildman–Crippen LogP) is 3.66. The van der Waals surface area contributed by atoms with Crippen molar-refractivity contribution in [1.82, 2.24) is 14.9 Å². The number of nitrogens with one attached hydrogen (secondary N) is 1. The Morgan fingerprint density at radius 3 is 2.44 bits per heavy atom. The number of para-hydroxylation sites is 1. The summed E-state index contributed by atoms with van der Waals surface area (Å²) in [6.45, 7) is 7.89. The number of imidazole rings is 1. The quantitative estimate of drug-likeness (QED) is 0.563. The van der Waals surface area contributed by atoms with E-state index in [0.717, 1.165) is 34.5 Å². The van der Waals surface area contributed by atoms with Gasteiger partial charge in [-0.05, 0) is 62.1 Å². The van der Waals surface area contributed by atoms with E-state index in [1.807, 2.05) is 74.9 Å². The minimum Gasteiger partial charge on any atom is -0.350 e. The Bertz CT molecular complexity index is 1220. The molecule has 0 bridgehead atoms. The van der Waals surface area contributed by atoms with E-state index < -0.39 is 16.1 Å². The van der Waals surface area contributed by atoms with Crippen LogP contribution in [0.2, 0.25) is 0 Å². The van der Waals surface area contributed by atoms with Gasteiger partial charge in [-0.2, -0.15) is 0 Å². The smallest absolute Gasteiger partial charge is 0.244 e. The third-order valence-electron chi connectivity index (χ3n) is 5.60. The second kappa shape index (κ2) is 9.56. The van der Waals surface area contributed by atoms with E-state index >= 15 is 0 Å². The number of aromatic nitrogens is 2. The number of carbonyl (C=O) groups is 1. The van der Waals surface area contributed by atoms with E-state index in [0.29, 0.717) is 12.1 Å². The molecule has 1 unspecified atom stereocenters. The Kier molecular flexibility index (Phi) is 7.03. The van der Waals surface area contributed by atoms with E-state index in [4.69, 9.17) is 0 Å². The lowest BCUT2D eigenvalue weighted by Gasteiger charge is -2.30. The Morgan fingerprint density at radius 1 is 1.12 bits per heavy atom. The highest BCUT2D eigenvalue weighted by Crippen LogP contribution is 2.25. The molecule has 1 heterocycles. The number of aryl methyl sites for hydroxylation is 3. The van der Waals surface area contributed by atoms with Crippen molar-refractivity contribution in [3.05, 3.63) is 77.4 Å². The lowest BCUT2D eigenvalue weighted by atomic mass is 10.1. The van der Waals surface area contributed by atoms with Crippen LogP contribution in [0.4, 0.5) is 5.69 Å². The van der Waals surface area contributed by atoms with Gasteiger partial charge in [-0.1, -0.05) is 31.2 Å². The largest absolute Gasteiger partial charge is 0.350 e. The third kappa shape index (κ3) is 5.02. The van der Waals surface area contributed by atoms with Crippen molar-refractivity contribution in [1.29, 1.82) is 0 Å². The number of benzene rings is 2. The lowest BCUT2D eigenvalue weighted by Crippen LogP contribution is -2.49. The molecule has 1 N–H and O–H groups in total. The number of anilines is 1. The van der Waals surface area contributed by atoms with Crippen LogP contribution in [0.15, 0.2) is 54.9 Å². The van der Waals surface area contributed by atoms with Gasteiger partial charge in [0, 0.05) is 18.9 Å². The summed E-state index contributed by atoms with van der Waals surface area (Å²) in [5.74, 6) is 0.501. The molecule has 0 saturated carbocycles. The van der Waals surface area contributed by atoms with Crippen molar-refractivity contribution in [3.63, 3.8) is 0 Å². The molecule has 1 aromatic heterocycles. The van der Waals surface area contributed by atoms with Crippen LogP contribution in [0, 0.1) is 20.8 Å². The van der Waals surface area contributed by atoms with E-state index in [1.54, 1.807) is 12.3 Å². The zero-order valence-corrected chi connectivity index (χ0v) is 20.0. The molecule has 7 nitrogen and oxygen atoms in total. The van der Waals surface area contributed by atoms with Crippen LogP contribution >= 0.6 is 0 Å². The molecule has 32 heavy (non-hydrogen) atoms. The van der Waals surface area contributed by atoms with Gasteiger partial charge in [0.05, 0.1) is 17.6 Å². The first kappa shape index (κ1) is 23.5. The third-order valence-corrected chi connectivity index (χ3v) is 6.78. The number of hydrogen-bond donors (Lipinski definition) is 1. The Balaban J connectivity index is 1.87. The molecule has 1 amide bonds. The Hall–Kier alpha value is -3.13. The van der Waals surface area contributed by atoms with Crippen LogP contribution in [0.5, 0.6) is 0 Å². The summed E-state index contributed by atoms with van der Waals surface area (Å²) in [7, 11) is -3.68. The molecular weight excluding hydrogens is 424 g/mol. The first-order valence-electron chi connectivity index (χ1n) is 10.6. The van der Waals surface area contributed by atoms with Gasteiger partial charge in [0.1, 0.15) is 11.9 Å². The molecule has 170 valence electrons. The van der Waals surface area contributed by atoms with Crippen LogP contribution in [-0.2, 0) is 21.4 Å². The highest BCUT2D eigenvalue weighted by molar-refractivity contribution is 7.92. The highest BCUT2D eigenvalue weighted by Gasteiger charge is 2.31. The maximum atomic E-state index is 13.2. The molecule has 2 aromatic carbocycles. The van der Waals surface area contributed by atoms with Crippen LogP contribution in [0.3, 0.4) is 0 Å². The molecule has 8 heteroatoms. The van der Waals surface area contributed by atoms with Crippen molar-refractivity contribution < 1.29 is 13.2 Å². The topological polar surface area (TPSA) is 84.3 Å². The van der Waals surface area contributed by atoms with Gasteiger partial charge in [-0.3, -0.25) is 9.10 Å². The Morgan fingerprint density at radius 2 is 1.84 bits per heavy atom. The maximum absolute atomic E-state index is 13.2. The average Bonchev–Trinajstić information content (AvgIpc) is 3.17. The fourth-order valence-electron chi connectivity index (χ4n) is 3.75. The molecular formula is C24H30N4O3S. The van der Waals surface area contributed by atoms with E-state index in [9.17, 15) is 13.2 Å². The van der Waals surface area contributed by atoms with Crippen molar-refractivity contribution in [2.75, 3.05) is 10.6 Å². The van der Waals surface area contributed by atoms with Gasteiger partial charge in [0.25, 0.3) is 0 Å². The SMILES string of the molecule is CCC(C(=O)NCc1ccccc1-n1ccnc1C)N(c1ccc(C)c(C)c1)S(C)(=O)=O. The highest BCUT2D eigenvalue weighted by atomic mass is 32.2. The minimum absolute atomic E-state index is 0.271. The number of carbonyl (C=O) groups excluding carboxylic acids is 1. The first-order valence-corrected chi connectivity index (χ1v) is 12.4. The molecule has 0 aliphatic heterocycles.